The second kappa shape index (κ2) is 9.57. The maximum Gasteiger partial charge on any atom is 0.220 e. The minimum absolute atomic E-state index is 0.114. The van der Waals surface area contributed by atoms with Crippen molar-refractivity contribution >= 4 is 22.4 Å². The highest BCUT2D eigenvalue weighted by molar-refractivity contribution is 7.13. The van der Waals surface area contributed by atoms with E-state index in [1.54, 1.807) is 11.3 Å². The molecule has 1 amide bonds. The van der Waals surface area contributed by atoms with Gasteiger partial charge in [0, 0.05) is 37.6 Å². The number of nitrogens with zero attached hydrogens (tertiary/aromatic N) is 2. The van der Waals surface area contributed by atoms with Crippen molar-refractivity contribution in [2.45, 2.75) is 32.6 Å². The number of aromatic nitrogens is 1. The van der Waals surface area contributed by atoms with Crippen molar-refractivity contribution < 1.29 is 9.53 Å². The molecule has 0 saturated carbocycles. The smallest absolute Gasteiger partial charge is 0.220 e. The van der Waals surface area contributed by atoms with E-state index in [9.17, 15) is 4.79 Å². The summed E-state index contributed by atoms with van der Waals surface area (Å²) in [4.78, 5) is 19.0. The minimum atomic E-state index is 0.114. The Morgan fingerprint density at radius 1 is 1.42 bits per heavy atom. The molecule has 140 valence electrons. The van der Waals surface area contributed by atoms with Crippen LogP contribution in [0.15, 0.2) is 35.8 Å². The molecule has 1 unspecified atom stereocenters. The molecule has 1 aliphatic heterocycles. The lowest BCUT2D eigenvalue weighted by molar-refractivity contribution is -0.121. The molecule has 0 spiro atoms. The molecule has 1 aromatic carbocycles. The van der Waals surface area contributed by atoms with E-state index >= 15 is 0 Å². The lowest BCUT2D eigenvalue weighted by atomic mass is 9.98. The molecule has 1 saturated heterocycles. The fraction of sp³-hybridized carbons (Fsp3) is 0.500. The Hall–Kier alpha value is -2.08. The van der Waals surface area contributed by atoms with Gasteiger partial charge in [-0.2, -0.15) is 0 Å². The molecule has 6 heteroatoms. The molecule has 1 fully saturated rings. The second-order valence-electron chi connectivity index (χ2n) is 6.61. The fourth-order valence-electron chi connectivity index (χ4n) is 3.38. The van der Waals surface area contributed by atoms with Crippen LogP contribution in [0.2, 0.25) is 0 Å². The van der Waals surface area contributed by atoms with Gasteiger partial charge < -0.3 is 15.0 Å². The molecule has 5 nitrogen and oxygen atoms in total. The van der Waals surface area contributed by atoms with Crippen molar-refractivity contribution in [1.29, 1.82) is 0 Å². The van der Waals surface area contributed by atoms with Crippen LogP contribution in [0, 0.1) is 5.92 Å². The lowest BCUT2D eigenvalue weighted by Gasteiger charge is -2.32. The third-order valence-corrected chi connectivity index (χ3v) is 5.52. The van der Waals surface area contributed by atoms with E-state index in [0.29, 0.717) is 25.4 Å². The summed E-state index contributed by atoms with van der Waals surface area (Å²) >= 11 is 1.68. The Morgan fingerprint density at radius 2 is 2.31 bits per heavy atom. The molecule has 2 heterocycles. The number of rotatable bonds is 8. The predicted molar refractivity (Wildman–Crippen MR) is 106 cm³/mol. The highest BCUT2D eigenvalue weighted by Crippen LogP contribution is 2.24. The van der Waals surface area contributed by atoms with Crippen LogP contribution in [-0.4, -0.2) is 37.1 Å². The maximum absolute atomic E-state index is 12.3. The average molecular weight is 374 g/mol. The third kappa shape index (κ3) is 5.21. The summed E-state index contributed by atoms with van der Waals surface area (Å²) in [6.07, 6.45) is 5.37. The first kappa shape index (κ1) is 18.7. The number of carbonyl (C=O) groups excluding carboxylic acids is 1. The first-order valence-electron chi connectivity index (χ1n) is 9.38. The van der Waals surface area contributed by atoms with E-state index in [1.165, 1.54) is 0 Å². The van der Waals surface area contributed by atoms with Crippen molar-refractivity contribution in [2.24, 2.45) is 5.92 Å². The Kier molecular flexibility index (Phi) is 6.89. The number of piperidine rings is 1. The van der Waals surface area contributed by atoms with Crippen molar-refractivity contribution in [2.75, 3.05) is 31.1 Å². The lowest BCUT2D eigenvalue weighted by Crippen LogP contribution is -2.41. The average Bonchev–Trinajstić information content (AvgIpc) is 3.21. The van der Waals surface area contributed by atoms with E-state index < -0.39 is 0 Å². The standard InChI is InChI=1S/C20H27N3O2S/c1-2-25-18-8-4-3-7-17(18)9-10-19(24)22-14-16-6-5-12-23(15-16)20-21-11-13-26-20/h3-4,7-8,11,13,16H,2,5-6,9-10,12,14-15H2,1H3,(H,22,24). The summed E-state index contributed by atoms with van der Waals surface area (Å²) in [5, 5.41) is 6.22. The third-order valence-electron chi connectivity index (χ3n) is 4.69. The summed E-state index contributed by atoms with van der Waals surface area (Å²) < 4.78 is 5.63. The van der Waals surface area contributed by atoms with Crippen LogP contribution in [0.25, 0.3) is 0 Å². The zero-order chi connectivity index (χ0) is 18.2. The molecule has 1 N–H and O–H groups in total. The second-order valence-corrected chi connectivity index (χ2v) is 7.49. The van der Waals surface area contributed by atoms with Crippen LogP contribution in [-0.2, 0) is 11.2 Å². The van der Waals surface area contributed by atoms with Crippen LogP contribution >= 0.6 is 11.3 Å². The first-order valence-corrected chi connectivity index (χ1v) is 10.3. The molecule has 1 aromatic heterocycles. The number of aryl methyl sites for hydroxylation is 1. The SMILES string of the molecule is CCOc1ccccc1CCC(=O)NCC1CCCN(c2nccs2)C1. The van der Waals surface area contributed by atoms with E-state index in [1.807, 2.05) is 42.8 Å². The Morgan fingerprint density at radius 3 is 3.12 bits per heavy atom. The normalized spacial score (nSPS) is 17.1. The molecule has 2 aromatic rings. The summed E-state index contributed by atoms with van der Waals surface area (Å²) in [5.74, 6) is 1.49. The topological polar surface area (TPSA) is 54.5 Å². The zero-order valence-electron chi connectivity index (χ0n) is 15.3. The first-order chi connectivity index (χ1) is 12.8. The van der Waals surface area contributed by atoms with Gasteiger partial charge in [0.05, 0.1) is 6.61 Å². The van der Waals surface area contributed by atoms with Crippen molar-refractivity contribution in [3.05, 3.63) is 41.4 Å². The van der Waals surface area contributed by atoms with Crippen LogP contribution in [0.4, 0.5) is 5.13 Å². The highest BCUT2D eigenvalue weighted by Gasteiger charge is 2.21. The zero-order valence-corrected chi connectivity index (χ0v) is 16.1. The van der Waals surface area contributed by atoms with Gasteiger partial charge in [-0.3, -0.25) is 4.79 Å². The van der Waals surface area contributed by atoms with E-state index in [0.717, 1.165) is 48.9 Å². The number of hydrogen-bond acceptors (Lipinski definition) is 5. The van der Waals surface area contributed by atoms with Crippen molar-refractivity contribution in [1.82, 2.24) is 10.3 Å². The van der Waals surface area contributed by atoms with Crippen LogP contribution in [0.1, 0.15) is 31.7 Å². The minimum Gasteiger partial charge on any atom is -0.494 e. The van der Waals surface area contributed by atoms with E-state index in [2.05, 4.69) is 15.2 Å². The molecule has 0 bridgehead atoms. The molecule has 1 atom stereocenters. The molecule has 26 heavy (non-hydrogen) atoms. The fourth-order valence-corrected chi connectivity index (χ4v) is 4.06. The molecular formula is C20H27N3O2S. The Bertz CT molecular complexity index is 690. The number of nitrogens with one attached hydrogen (secondary N) is 1. The van der Waals surface area contributed by atoms with Gasteiger partial charge in [0.2, 0.25) is 5.91 Å². The monoisotopic (exact) mass is 373 g/mol. The largest absolute Gasteiger partial charge is 0.494 e. The summed E-state index contributed by atoms with van der Waals surface area (Å²) in [7, 11) is 0. The number of anilines is 1. The van der Waals surface area contributed by atoms with Gasteiger partial charge in [-0.15, -0.1) is 11.3 Å². The number of ether oxygens (including phenoxy) is 1. The predicted octanol–water partition coefficient (Wildman–Crippen LogP) is 3.51. The van der Waals surface area contributed by atoms with Crippen molar-refractivity contribution in [3.63, 3.8) is 0 Å². The maximum atomic E-state index is 12.3. The molecule has 3 rings (SSSR count). The molecule has 0 aliphatic carbocycles. The molecular weight excluding hydrogens is 346 g/mol. The van der Waals surface area contributed by atoms with Crippen LogP contribution < -0.4 is 15.0 Å². The van der Waals surface area contributed by atoms with Gasteiger partial charge in [0.25, 0.3) is 0 Å². The number of para-hydroxylation sites is 1. The quantitative estimate of drug-likeness (QED) is 0.769. The van der Waals surface area contributed by atoms with Gasteiger partial charge in [0.15, 0.2) is 5.13 Å². The van der Waals surface area contributed by atoms with E-state index in [-0.39, 0.29) is 5.91 Å². The molecule has 0 radical (unpaired) electrons. The Labute approximate surface area is 159 Å². The van der Waals surface area contributed by atoms with Gasteiger partial charge in [-0.05, 0) is 43.7 Å². The number of carbonyl (C=O) groups is 1. The van der Waals surface area contributed by atoms with Crippen molar-refractivity contribution in [3.8, 4) is 5.75 Å². The van der Waals surface area contributed by atoms with Gasteiger partial charge in [-0.1, -0.05) is 18.2 Å². The van der Waals surface area contributed by atoms with Crippen LogP contribution in [0.5, 0.6) is 5.75 Å². The van der Waals surface area contributed by atoms with Gasteiger partial charge in [-0.25, -0.2) is 4.98 Å². The number of benzene rings is 1. The highest BCUT2D eigenvalue weighted by atomic mass is 32.1. The Balaban J connectivity index is 1.43. The number of amides is 1. The summed E-state index contributed by atoms with van der Waals surface area (Å²) in [5.41, 5.74) is 1.09. The van der Waals surface area contributed by atoms with Gasteiger partial charge in [0.1, 0.15) is 5.75 Å². The summed E-state index contributed by atoms with van der Waals surface area (Å²) in [6, 6.07) is 7.95. The van der Waals surface area contributed by atoms with Gasteiger partial charge >= 0.3 is 0 Å². The molecule has 1 aliphatic rings. The van der Waals surface area contributed by atoms with Crippen LogP contribution in [0.3, 0.4) is 0 Å². The number of hydrogen-bond donors (Lipinski definition) is 1. The summed E-state index contributed by atoms with van der Waals surface area (Å²) in [6.45, 7) is 5.39. The number of thiazole rings is 1. The van der Waals surface area contributed by atoms with E-state index in [4.69, 9.17) is 4.74 Å².